The Morgan fingerprint density at radius 2 is 2.00 bits per heavy atom. The molecular weight excluding hydrogens is 236 g/mol. The Hall–Kier alpha value is -1.09. The molecule has 0 saturated carbocycles. The predicted molar refractivity (Wildman–Crippen MR) is 79.4 cm³/mol. The molecule has 3 nitrogen and oxygen atoms in total. The zero-order chi connectivity index (χ0) is 13.7. The lowest BCUT2D eigenvalue weighted by Gasteiger charge is -2.32. The fraction of sp³-hybridized carbons (Fsp3) is 0.688. The average Bonchev–Trinajstić information content (AvgIpc) is 2.47. The summed E-state index contributed by atoms with van der Waals surface area (Å²) < 4.78 is 0. The Morgan fingerprint density at radius 1 is 1.26 bits per heavy atom. The van der Waals surface area contributed by atoms with Gasteiger partial charge in [0, 0.05) is 18.8 Å². The van der Waals surface area contributed by atoms with Crippen molar-refractivity contribution in [2.45, 2.75) is 52.6 Å². The molecule has 0 bridgehead atoms. The highest BCUT2D eigenvalue weighted by Crippen LogP contribution is 2.25. The molecule has 0 unspecified atom stereocenters. The minimum atomic E-state index is 0.109. The van der Waals surface area contributed by atoms with E-state index < -0.39 is 0 Å². The van der Waals surface area contributed by atoms with Crippen molar-refractivity contribution in [2.24, 2.45) is 5.92 Å². The number of aliphatic hydroxyl groups is 1. The highest BCUT2D eigenvalue weighted by Gasteiger charge is 2.19. The molecule has 1 fully saturated rings. The van der Waals surface area contributed by atoms with E-state index in [1.54, 1.807) is 0 Å². The Labute approximate surface area is 116 Å². The second-order valence-electron chi connectivity index (χ2n) is 5.57. The summed E-state index contributed by atoms with van der Waals surface area (Å²) >= 11 is 0. The molecule has 1 N–H and O–H groups in total. The number of aromatic nitrogens is 1. The van der Waals surface area contributed by atoms with Gasteiger partial charge < -0.3 is 10.0 Å². The summed E-state index contributed by atoms with van der Waals surface area (Å²) in [7, 11) is 0. The van der Waals surface area contributed by atoms with Gasteiger partial charge >= 0.3 is 0 Å². The number of anilines is 1. The monoisotopic (exact) mass is 262 g/mol. The number of hydrogen-bond acceptors (Lipinski definition) is 3. The molecular formula is C16H26N2O. The van der Waals surface area contributed by atoms with Gasteiger partial charge in [0.05, 0.1) is 6.61 Å². The van der Waals surface area contributed by atoms with Crippen LogP contribution in [0.5, 0.6) is 0 Å². The molecule has 0 atom stereocenters. The van der Waals surface area contributed by atoms with Gasteiger partial charge in [0.25, 0.3) is 0 Å². The number of piperidine rings is 1. The van der Waals surface area contributed by atoms with E-state index in [0.29, 0.717) is 0 Å². The summed E-state index contributed by atoms with van der Waals surface area (Å²) in [6.45, 7) is 6.76. The third-order valence-electron chi connectivity index (χ3n) is 4.13. The maximum absolute atomic E-state index is 9.39. The maximum Gasteiger partial charge on any atom is 0.129 e. The van der Waals surface area contributed by atoms with Gasteiger partial charge in [-0.15, -0.1) is 0 Å². The fourth-order valence-electron chi connectivity index (χ4n) is 2.84. The molecule has 1 aromatic heterocycles. The van der Waals surface area contributed by atoms with Crippen molar-refractivity contribution in [2.75, 3.05) is 18.0 Å². The first-order valence-electron chi connectivity index (χ1n) is 7.62. The number of rotatable bonds is 5. The molecule has 1 aliphatic heterocycles. The average molecular weight is 262 g/mol. The van der Waals surface area contributed by atoms with Gasteiger partial charge in [-0.05, 0) is 42.9 Å². The van der Waals surface area contributed by atoms with Crippen molar-refractivity contribution in [3.8, 4) is 0 Å². The van der Waals surface area contributed by atoms with Gasteiger partial charge in [0.1, 0.15) is 5.82 Å². The van der Waals surface area contributed by atoms with Crippen LogP contribution < -0.4 is 4.90 Å². The minimum Gasteiger partial charge on any atom is -0.392 e. The Balaban J connectivity index is 2.12. The Bertz CT molecular complexity index is 398. The SMILES string of the molecule is CCCc1cc(CO)cc(N2CCC(CC)CC2)n1. The highest BCUT2D eigenvalue weighted by molar-refractivity contribution is 5.43. The van der Waals surface area contributed by atoms with Gasteiger partial charge in [0.15, 0.2) is 0 Å². The van der Waals surface area contributed by atoms with Crippen molar-refractivity contribution in [1.29, 1.82) is 0 Å². The standard InChI is InChI=1S/C16H26N2O/c1-3-5-15-10-14(12-19)11-16(17-15)18-8-6-13(4-2)7-9-18/h10-11,13,19H,3-9,12H2,1-2H3. The normalized spacial score (nSPS) is 16.9. The molecule has 0 spiro atoms. The third-order valence-corrected chi connectivity index (χ3v) is 4.13. The van der Waals surface area contributed by atoms with Crippen LogP contribution in [-0.4, -0.2) is 23.2 Å². The quantitative estimate of drug-likeness (QED) is 0.885. The zero-order valence-corrected chi connectivity index (χ0v) is 12.2. The van der Waals surface area contributed by atoms with Gasteiger partial charge in [-0.3, -0.25) is 0 Å². The summed E-state index contributed by atoms with van der Waals surface area (Å²) in [6.07, 6.45) is 5.92. The van der Waals surface area contributed by atoms with E-state index in [1.807, 2.05) is 12.1 Å². The van der Waals surface area contributed by atoms with Crippen LogP contribution in [-0.2, 0) is 13.0 Å². The third kappa shape index (κ3) is 3.69. The molecule has 2 rings (SSSR count). The maximum atomic E-state index is 9.39. The summed E-state index contributed by atoms with van der Waals surface area (Å²) in [4.78, 5) is 7.14. The summed E-state index contributed by atoms with van der Waals surface area (Å²) in [5.41, 5.74) is 2.10. The largest absolute Gasteiger partial charge is 0.392 e. The van der Waals surface area contributed by atoms with Gasteiger partial charge in [-0.2, -0.15) is 0 Å². The number of pyridine rings is 1. The van der Waals surface area contributed by atoms with E-state index in [2.05, 4.69) is 18.7 Å². The van der Waals surface area contributed by atoms with Crippen molar-refractivity contribution in [3.63, 3.8) is 0 Å². The van der Waals surface area contributed by atoms with Crippen LogP contribution in [0.4, 0.5) is 5.82 Å². The minimum absolute atomic E-state index is 0.109. The van der Waals surface area contributed by atoms with Crippen molar-refractivity contribution in [3.05, 3.63) is 23.4 Å². The lowest BCUT2D eigenvalue weighted by molar-refractivity contribution is 0.281. The lowest BCUT2D eigenvalue weighted by Crippen LogP contribution is -2.34. The number of hydrogen-bond donors (Lipinski definition) is 1. The molecule has 19 heavy (non-hydrogen) atoms. The topological polar surface area (TPSA) is 36.4 Å². The van der Waals surface area contributed by atoms with Crippen LogP contribution in [0.3, 0.4) is 0 Å². The highest BCUT2D eigenvalue weighted by atomic mass is 16.3. The fourth-order valence-corrected chi connectivity index (χ4v) is 2.84. The summed E-state index contributed by atoms with van der Waals surface area (Å²) in [5, 5.41) is 9.39. The zero-order valence-electron chi connectivity index (χ0n) is 12.2. The van der Waals surface area contributed by atoms with Crippen molar-refractivity contribution in [1.82, 2.24) is 4.98 Å². The molecule has 0 radical (unpaired) electrons. The molecule has 1 saturated heterocycles. The number of aliphatic hydroxyl groups excluding tert-OH is 1. The van der Waals surface area contributed by atoms with E-state index in [-0.39, 0.29) is 6.61 Å². The predicted octanol–water partition coefficient (Wildman–Crippen LogP) is 3.15. The van der Waals surface area contributed by atoms with Crippen LogP contribution in [0.15, 0.2) is 12.1 Å². The van der Waals surface area contributed by atoms with E-state index in [4.69, 9.17) is 4.98 Å². The first-order valence-corrected chi connectivity index (χ1v) is 7.62. The lowest BCUT2D eigenvalue weighted by atomic mass is 9.94. The van der Waals surface area contributed by atoms with Crippen LogP contribution in [0.25, 0.3) is 0 Å². The number of aryl methyl sites for hydroxylation is 1. The van der Waals surface area contributed by atoms with Crippen LogP contribution >= 0.6 is 0 Å². The molecule has 0 amide bonds. The molecule has 0 aromatic carbocycles. The van der Waals surface area contributed by atoms with Gasteiger partial charge in [-0.1, -0.05) is 26.7 Å². The second kappa shape index (κ2) is 6.90. The second-order valence-corrected chi connectivity index (χ2v) is 5.57. The first-order chi connectivity index (χ1) is 9.26. The first kappa shape index (κ1) is 14.3. The number of nitrogens with zero attached hydrogens (tertiary/aromatic N) is 2. The van der Waals surface area contributed by atoms with E-state index in [1.165, 1.54) is 19.3 Å². The Kier molecular flexibility index (Phi) is 5.20. The van der Waals surface area contributed by atoms with Crippen molar-refractivity contribution >= 4 is 5.82 Å². The van der Waals surface area contributed by atoms with E-state index in [0.717, 1.165) is 48.9 Å². The van der Waals surface area contributed by atoms with Crippen LogP contribution in [0.1, 0.15) is 50.8 Å². The van der Waals surface area contributed by atoms with E-state index >= 15 is 0 Å². The van der Waals surface area contributed by atoms with Crippen molar-refractivity contribution < 1.29 is 5.11 Å². The summed E-state index contributed by atoms with van der Waals surface area (Å²) in [5.74, 6) is 1.94. The Morgan fingerprint density at radius 3 is 2.58 bits per heavy atom. The van der Waals surface area contributed by atoms with E-state index in [9.17, 15) is 5.11 Å². The van der Waals surface area contributed by atoms with Gasteiger partial charge in [-0.25, -0.2) is 4.98 Å². The van der Waals surface area contributed by atoms with Crippen LogP contribution in [0.2, 0.25) is 0 Å². The van der Waals surface area contributed by atoms with Crippen LogP contribution in [0, 0.1) is 5.92 Å². The molecule has 3 heteroatoms. The molecule has 1 aliphatic rings. The molecule has 106 valence electrons. The summed E-state index contributed by atoms with van der Waals surface area (Å²) in [6, 6.07) is 4.08. The molecule has 1 aromatic rings. The molecule has 0 aliphatic carbocycles. The molecule has 2 heterocycles. The van der Waals surface area contributed by atoms with Gasteiger partial charge in [0.2, 0.25) is 0 Å². The smallest absolute Gasteiger partial charge is 0.129 e.